The number of nitrogens with zero attached hydrogens (tertiary/aromatic N) is 2. The normalized spacial score (nSPS) is 9.86. The van der Waals surface area contributed by atoms with Crippen LogP contribution in [0.5, 0.6) is 17.2 Å². The molecule has 0 aliphatic carbocycles. The van der Waals surface area contributed by atoms with Gasteiger partial charge in [-0.15, -0.1) is 5.75 Å². The summed E-state index contributed by atoms with van der Waals surface area (Å²) in [5.41, 5.74) is 3.27. The van der Waals surface area contributed by atoms with Crippen LogP contribution in [0.15, 0.2) is 78.9 Å². The van der Waals surface area contributed by atoms with Crippen molar-refractivity contribution in [3.8, 4) is 17.2 Å². The molecule has 0 atom stereocenters. The fourth-order valence-electron chi connectivity index (χ4n) is 3.28. The fourth-order valence-corrected chi connectivity index (χ4v) is 3.28. The van der Waals surface area contributed by atoms with Crippen molar-refractivity contribution in [3.63, 3.8) is 0 Å². The number of aryl methyl sites for hydroxylation is 2. The van der Waals surface area contributed by atoms with E-state index in [9.17, 15) is 20.1 Å². The zero-order chi connectivity index (χ0) is 25.5. The molecule has 0 aliphatic heterocycles. The second-order valence-corrected chi connectivity index (χ2v) is 7.79. The van der Waals surface area contributed by atoms with Gasteiger partial charge >= 0.3 is 23.3 Å². The molecule has 0 unspecified atom stereocenters. The molecule has 0 spiro atoms. The van der Waals surface area contributed by atoms with Crippen molar-refractivity contribution in [3.05, 3.63) is 101 Å². The van der Waals surface area contributed by atoms with Gasteiger partial charge in [-0.1, -0.05) is 72.2 Å². The summed E-state index contributed by atoms with van der Waals surface area (Å²) >= 11 is 0. The second kappa shape index (κ2) is 12.5. The molecule has 7 nitrogen and oxygen atoms in total. The molecule has 0 bridgehead atoms. The average molecular weight is 494 g/mol. The Kier molecular flexibility index (Phi) is 9.80. The molecule has 0 aliphatic rings. The van der Waals surface area contributed by atoms with Crippen LogP contribution in [0.3, 0.4) is 0 Å². The SMILES string of the molecule is Cc1c([O-])cccc1C(=O)O.Cc1ccc2cccc([O-])c2n1.Cc1ccc2cccc([O-])c2n1.[Al+3]. The molecular formula is C28H23AlN2O5. The zero-order valence-corrected chi connectivity index (χ0v) is 21.2. The first-order valence-corrected chi connectivity index (χ1v) is 10.7. The van der Waals surface area contributed by atoms with Crippen LogP contribution >= 0.6 is 0 Å². The number of para-hydroxylation sites is 2. The van der Waals surface area contributed by atoms with Crippen molar-refractivity contribution >= 4 is 45.1 Å². The van der Waals surface area contributed by atoms with Gasteiger partial charge < -0.3 is 20.4 Å². The van der Waals surface area contributed by atoms with Gasteiger partial charge in [0, 0.05) is 11.4 Å². The largest absolute Gasteiger partial charge is 3.00 e. The number of carboxylic acids is 1. The molecule has 0 radical (unpaired) electrons. The van der Waals surface area contributed by atoms with Crippen LogP contribution in [0.1, 0.15) is 27.3 Å². The summed E-state index contributed by atoms with van der Waals surface area (Å²) in [5.74, 6) is -1.29. The second-order valence-electron chi connectivity index (χ2n) is 7.79. The first kappa shape index (κ1) is 28.1. The Bertz CT molecular complexity index is 1420. The Morgan fingerprint density at radius 3 is 1.47 bits per heavy atom. The molecule has 3 aromatic carbocycles. The maximum Gasteiger partial charge on any atom is 3.00 e. The smallest absolute Gasteiger partial charge is 0.872 e. The summed E-state index contributed by atoms with van der Waals surface area (Å²) in [7, 11) is 0. The van der Waals surface area contributed by atoms with Gasteiger partial charge in [0.2, 0.25) is 0 Å². The molecule has 5 aromatic rings. The Morgan fingerprint density at radius 1 is 0.639 bits per heavy atom. The third-order valence-corrected chi connectivity index (χ3v) is 5.16. The number of aromatic nitrogens is 2. The summed E-state index contributed by atoms with van der Waals surface area (Å²) in [6.07, 6.45) is 0. The summed E-state index contributed by atoms with van der Waals surface area (Å²) in [6, 6.07) is 22.2. The van der Waals surface area contributed by atoms with Crippen molar-refractivity contribution in [2.24, 2.45) is 0 Å². The third kappa shape index (κ3) is 6.95. The minimum Gasteiger partial charge on any atom is -0.872 e. The maximum absolute atomic E-state index is 11.3. The topological polar surface area (TPSA) is 132 Å². The number of hydrogen-bond acceptors (Lipinski definition) is 6. The van der Waals surface area contributed by atoms with Crippen molar-refractivity contribution < 1.29 is 25.2 Å². The summed E-state index contributed by atoms with van der Waals surface area (Å²) in [6.45, 7) is 5.27. The fraction of sp³-hybridized carbons (Fsp3) is 0.107. The van der Waals surface area contributed by atoms with Crippen LogP contribution < -0.4 is 15.3 Å². The van der Waals surface area contributed by atoms with Crippen molar-refractivity contribution in [2.45, 2.75) is 20.8 Å². The van der Waals surface area contributed by atoms with E-state index in [0.717, 1.165) is 22.2 Å². The molecule has 0 fully saturated rings. The quantitative estimate of drug-likeness (QED) is 0.352. The Labute approximate surface area is 219 Å². The minimum atomic E-state index is -1.06. The van der Waals surface area contributed by atoms with Gasteiger partial charge in [0.1, 0.15) is 0 Å². The monoisotopic (exact) mass is 494 g/mol. The number of hydrogen-bond donors (Lipinski definition) is 1. The van der Waals surface area contributed by atoms with Gasteiger partial charge in [-0.05, 0) is 55.3 Å². The molecule has 0 amide bonds. The van der Waals surface area contributed by atoms with Gasteiger partial charge in [-0.2, -0.15) is 0 Å². The van der Waals surface area contributed by atoms with E-state index in [2.05, 4.69) is 9.97 Å². The first-order chi connectivity index (χ1) is 16.7. The molecule has 2 aromatic heterocycles. The minimum absolute atomic E-state index is 0. The molecule has 0 saturated carbocycles. The number of carboxylic acid groups (broad SMARTS) is 1. The summed E-state index contributed by atoms with van der Waals surface area (Å²) in [4.78, 5) is 18.8. The number of pyridine rings is 2. The number of benzene rings is 3. The van der Waals surface area contributed by atoms with Crippen LogP contribution in [0.2, 0.25) is 0 Å². The van der Waals surface area contributed by atoms with Gasteiger partial charge in [0.25, 0.3) is 0 Å². The van der Waals surface area contributed by atoms with Crippen LogP contribution in [-0.2, 0) is 0 Å². The van der Waals surface area contributed by atoms with E-state index in [1.807, 2.05) is 50.2 Å². The predicted octanol–water partition coefficient (Wildman–Crippen LogP) is 3.62. The van der Waals surface area contributed by atoms with Gasteiger partial charge in [0.05, 0.1) is 16.6 Å². The molecule has 8 heteroatoms. The Hall–Kier alpha value is -4.12. The Morgan fingerprint density at radius 2 is 1.06 bits per heavy atom. The van der Waals surface area contributed by atoms with Gasteiger partial charge in [0.15, 0.2) is 0 Å². The van der Waals surface area contributed by atoms with E-state index in [1.54, 1.807) is 12.1 Å². The van der Waals surface area contributed by atoms with E-state index in [1.165, 1.54) is 37.3 Å². The third-order valence-electron chi connectivity index (χ3n) is 5.16. The van der Waals surface area contributed by atoms with Crippen LogP contribution in [0.4, 0.5) is 0 Å². The first-order valence-electron chi connectivity index (χ1n) is 10.7. The number of carbonyl (C=O) groups is 1. The van der Waals surface area contributed by atoms with Crippen molar-refractivity contribution in [2.75, 3.05) is 0 Å². The average Bonchev–Trinajstić information content (AvgIpc) is 2.83. The van der Waals surface area contributed by atoms with Gasteiger partial charge in [-0.25, -0.2) is 4.79 Å². The molecular weight excluding hydrogens is 471 g/mol. The van der Waals surface area contributed by atoms with E-state index in [-0.39, 0.29) is 40.2 Å². The molecule has 36 heavy (non-hydrogen) atoms. The summed E-state index contributed by atoms with van der Waals surface area (Å²) in [5, 5.41) is 43.8. The predicted molar refractivity (Wildman–Crippen MR) is 135 cm³/mol. The van der Waals surface area contributed by atoms with E-state index in [0.29, 0.717) is 16.6 Å². The molecule has 0 saturated heterocycles. The zero-order valence-electron chi connectivity index (χ0n) is 20.1. The molecule has 2 heterocycles. The molecule has 178 valence electrons. The Balaban J connectivity index is 0.000000188. The molecule has 5 rings (SSSR count). The van der Waals surface area contributed by atoms with Crippen LogP contribution in [0, 0.1) is 20.8 Å². The number of fused-ring (bicyclic) bond motifs is 2. The maximum atomic E-state index is 11.3. The van der Waals surface area contributed by atoms with E-state index >= 15 is 0 Å². The van der Waals surface area contributed by atoms with Crippen molar-refractivity contribution in [1.29, 1.82) is 0 Å². The van der Waals surface area contributed by atoms with Crippen LogP contribution in [-0.4, -0.2) is 38.4 Å². The standard InChI is InChI=1S/2C10H9NO.C8H8O3.Al/c2*1-7-5-6-8-3-2-4-9(12)10(8)11-7;1-5-6(8(10)11)3-2-4-7(5)9;/h2*2-6,12H,1H3;2-4,9H,1H3,(H,10,11);/q;;;+3/p-3. The number of rotatable bonds is 1. The van der Waals surface area contributed by atoms with E-state index < -0.39 is 5.97 Å². The molecule has 1 N–H and O–H groups in total. The van der Waals surface area contributed by atoms with Crippen LogP contribution in [0.25, 0.3) is 21.8 Å². The van der Waals surface area contributed by atoms with Gasteiger partial charge in [-0.3, -0.25) is 9.97 Å². The van der Waals surface area contributed by atoms with E-state index in [4.69, 9.17) is 5.11 Å². The van der Waals surface area contributed by atoms with Crippen molar-refractivity contribution in [1.82, 2.24) is 9.97 Å². The summed E-state index contributed by atoms with van der Waals surface area (Å²) < 4.78 is 0. The number of aromatic carboxylic acids is 1.